The number of halogens is 1. The first-order valence-corrected chi connectivity index (χ1v) is 10.4. The summed E-state index contributed by atoms with van der Waals surface area (Å²) in [6.45, 7) is 2.07. The topological polar surface area (TPSA) is 76.1 Å². The second-order valence-corrected chi connectivity index (χ2v) is 8.04. The first kappa shape index (κ1) is 20.8. The van der Waals surface area contributed by atoms with Gasteiger partial charge in [0.05, 0.1) is 11.6 Å². The van der Waals surface area contributed by atoms with Crippen LogP contribution in [0.3, 0.4) is 0 Å². The van der Waals surface area contributed by atoms with Gasteiger partial charge in [0, 0.05) is 12.1 Å². The molecule has 0 spiro atoms. The number of rotatable bonds is 4. The van der Waals surface area contributed by atoms with Gasteiger partial charge in [-0.2, -0.15) is 0 Å². The molecule has 1 atom stereocenters. The average Bonchev–Trinajstić information content (AvgIpc) is 3.38. The molecule has 6 nitrogen and oxygen atoms in total. The van der Waals surface area contributed by atoms with E-state index in [-0.39, 0.29) is 30.5 Å². The Morgan fingerprint density at radius 1 is 1.03 bits per heavy atom. The molecule has 33 heavy (non-hydrogen) atoms. The number of nitrogens with zero attached hydrogens (tertiary/aromatic N) is 1. The molecule has 0 aliphatic carbocycles. The lowest BCUT2D eigenvalue weighted by Gasteiger charge is -2.25. The highest BCUT2D eigenvalue weighted by Gasteiger charge is 2.46. The van der Waals surface area contributed by atoms with Crippen molar-refractivity contribution < 1.29 is 28.6 Å². The lowest BCUT2D eigenvalue weighted by atomic mass is 9.94. The molecule has 5 rings (SSSR count). The Kier molecular flexibility index (Phi) is 5.09. The van der Waals surface area contributed by atoms with Gasteiger partial charge in [0.2, 0.25) is 6.79 Å². The number of hydrogen-bond donors (Lipinski definition) is 1. The molecule has 2 heterocycles. The lowest BCUT2D eigenvalue weighted by Crippen LogP contribution is -2.29. The number of aliphatic hydroxyl groups excluding tert-OH is 1. The Balaban J connectivity index is 1.63. The number of ketones is 1. The highest BCUT2D eigenvalue weighted by Crippen LogP contribution is 2.42. The molecular weight excluding hydrogens is 425 g/mol. The van der Waals surface area contributed by atoms with Crippen molar-refractivity contribution in [3.05, 3.63) is 100 Å². The molecule has 3 aromatic carbocycles. The standard InChI is InChI=1S/C26H20FNO5/c1-15-3-2-4-17(11-15)23-22(24(29)18-7-10-20-21(12-18)33-14-32-20)25(30)26(31)28(23)13-16-5-8-19(27)9-6-16/h2-12,23,29H,13-14H2,1H3/b24-22-. The number of aliphatic hydroxyl groups is 1. The predicted molar refractivity (Wildman–Crippen MR) is 118 cm³/mol. The van der Waals surface area contributed by atoms with E-state index in [0.29, 0.717) is 28.2 Å². The maximum Gasteiger partial charge on any atom is 0.295 e. The number of fused-ring (bicyclic) bond motifs is 1. The van der Waals surface area contributed by atoms with Crippen LogP contribution in [0.4, 0.5) is 4.39 Å². The van der Waals surface area contributed by atoms with Crippen LogP contribution >= 0.6 is 0 Å². The summed E-state index contributed by atoms with van der Waals surface area (Å²) < 4.78 is 24.1. The number of aryl methyl sites for hydroxylation is 1. The number of benzene rings is 3. The Labute approximate surface area is 189 Å². The zero-order valence-electron chi connectivity index (χ0n) is 17.7. The Bertz CT molecular complexity index is 1300. The van der Waals surface area contributed by atoms with Gasteiger partial charge in [-0.3, -0.25) is 9.59 Å². The Morgan fingerprint density at radius 3 is 2.55 bits per heavy atom. The Hall–Kier alpha value is -4.13. The summed E-state index contributed by atoms with van der Waals surface area (Å²) in [5.41, 5.74) is 2.64. The van der Waals surface area contributed by atoms with Crippen molar-refractivity contribution in [1.29, 1.82) is 0 Å². The molecule has 3 aromatic rings. The highest BCUT2D eigenvalue weighted by atomic mass is 19.1. The van der Waals surface area contributed by atoms with E-state index in [0.717, 1.165) is 5.56 Å². The minimum Gasteiger partial charge on any atom is -0.507 e. The van der Waals surface area contributed by atoms with E-state index in [4.69, 9.17) is 9.47 Å². The molecule has 1 fully saturated rings. The summed E-state index contributed by atoms with van der Waals surface area (Å²) in [4.78, 5) is 27.6. The van der Waals surface area contributed by atoms with Crippen LogP contribution in [0.1, 0.15) is 28.3 Å². The van der Waals surface area contributed by atoms with Crippen molar-refractivity contribution in [3.8, 4) is 11.5 Å². The van der Waals surface area contributed by atoms with Gasteiger partial charge in [-0.1, -0.05) is 42.0 Å². The fraction of sp³-hybridized carbons (Fsp3) is 0.154. The van der Waals surface area contributed by atoms with Gasteiger partial charge < -0.3 is 19.5 Å². The van der Waals surface area contributed by atoms with Crippen molar-refractivity contribution in [1.82, 2.24) is 4.90 Å². The van der Waals surface area contributed by atoms with Crippen LogP contribution in [0, 0.1) is 12.7 Å². The van der Waals surface area contributed by atoms with Crippen molar-refractivity contribution in [2.45, 2.75) is 19.5 Å². The van der Waals surface area contributed by atoms with Gasteiger partial charge in [0.15, 0.2) is 11.5 Å². The molecule has 1 amide bonds. The number of hydrogen-bond acceptors (Lipinski definition) is 5. The summed E-state index contributed by atoms with van der Waals surface area (Å²) in [6, 6.07) is 17.2. The maximum absolute atomic E-state index is 13.4. The fourth-order valence-electron chi connectivity index (χ4n) is 4.22. The Morgan fingerprint density at radius 2 is 1.79 bits per heavy atom. The van der Waals surface area contributed by atoms with Crippen LogP contribution in [-0.2, 0) is 16.1 Å². The maximum atomic E-state index is 13.4. The minimum absolute atomic E-state index is 0.00780. The third-order valence-electron chi connectivity index (χ3n) is 5.81. The number of carbonyl (C=O) groups excluding carboxylic acids is 2. The lowest BCUT2D eigenvalue weighted by molar-refractivity contribution is -0.140. The quantitative estimate of drug-likeness (QED) is 0.364. The normalized spacial score (nSPS) is 18.7. The summed E-state index contributed by atoms with van der Waals surface area (Å²) >= 11 is 0. The molecule has 0 bridgehead atoms. The largest absolute Gasteiger partial charge is 0.507 e. The van der Waals surface area contributed by atoms with E-state index in [1.807, 2.05) is 31.2 Å². The molecule has 166 valence electrons. The third kappa shape index (κ3) is 3.71. The van der Waals surface area contributed by atoms with Gasteiger partial charge >= 0.3 is 0 Å². The molecule has 1 unspecified atom stereocenters. The highest BCUT2D eigenvalue weighted by molar-refractivity contribution is 6.46. The molecule has 0 aromatic heterocycles. The van der Waals surface area contributed by atoms with E-state index in [1.54, 1.807) is 30.3 Å². The zero-order chi connectivity index (χ0) is 23.1. The summed E-state index contributed by atoms with van der Waals surface area (Å²) in [7, 11) is 0. The van der Waals surface area contributed by atoms with Crippen LogP contribution < -0.4 is 9.47 Å². The average molecular weight is 445 g/mol. The summed E-state index contributed by atoms with van der Waals surface area (Å²) in [5.74, 6) is -1.20. The first-order chi connectivity index (χ1) is 15.9. The second kappa shape index (κ2) is 8.09. The van der Waals surface area contributed by atoms with E-state index in [1.165, 1.54) is 17.0 Å². The van der Waals surface area contributed by atoms with Crippen molar-refractivity contribution in [3.63, 3.8) is 0 Å². The van der Waals surface area contributed by atoms with Crippen molar-refractivity contribution in [2.24, 2.45) is 0 Å². The predicted octanol–water partition coefficient (Wildman–Crippen LogP) is 4.48. The number of likely N-dealkylation sites (tertiary alicyclic amines) is 1. The van der Waals surface area contributed by atoms with Gasteiger partial charge in [-0.15, -0.1) is 0 Å². The smallest absolute Gasteiger partial charge is 0.295 e. The van der Waals surface area contributed by atoms with Gasteiger partial charge in [-0.25, -0.2) is 4.39 Å². The van der Waals surface area contributed by atoms with Crippen molar-refractivity contribution in [2.75, 3.05) is 6.79 Å². The fourth-order valence-corrected chi connectivity index (χ4v) is 4.22. The molecule has 0 saturated carbocycles. The second-order valence-electron chi connectivity index (χ2n) is 8.04. The van der Waals surface area contributed by atoms with Gasteiger partial charge in [0.1, 0.15) is 11.6 Å². The molecule has 2 aliphatic rings. The van der Waals surface area contributed by atoms with Crippen LogP contribution in [0.2, 0.25) is 0 Å². The number of Topliss-reactive ketones (excluding diaryl/α,β-unsaturated/α-hetero) is 1. The molecular formula is C26H20FNO5. The van der Waals surface area contributed by atoms with Crippen molar-refractivity contribution >= 4 is 17.4 Å². The molecule has 2 aliphatic heterocycles. The summed E-state index contributed by atoms with van der Waals surface area (Å²) in [6.07, 6.45) is 0. The molecule has 1 saturated heterocycles. The molecule has 0 radical (unpaired) electrons. The third-order valence-corrected chi connectivity index (χ3v) is 5.81. The number of ether oxygens (including phenoxy) is 2. The van der Waals surface area contributed by atoms with E-state index >= 15 is 0 Å². The van der Waals surface area contributed by atoms with Crippen LogP contribution in [-0.4, -0.2) is 28.5 Å². The van der Waals surface area contributed by atoms with Crippen LogP contribution in [0.5, 0.6) is 11.5 Å². The van der Waals surface area contributed by atoms with E-state index in [9.17, 15) is 19.1 Å². The number of amides is 1. The minimum atomic E-state index is -0.805. The van der Waals surface area contributed by atoms with Gasteiger partial charge in [0.25, 0.3) is 11.7 Å². The summed E-state index contributed by atoms with van der Waals surface area (Å²) in [5, 5.41) is 11.2. The zero-order valence-corrected chi connectivity index (χ0v) is 17.7. The first-order valence-electron chi connectivity index (χ1n) is 10.4. The van der Waals surface area contributed by atoms with Crippen LogP contribution in [0.25, 0.3) is 5.76 Å². The number of carbonyl (C=O) groups is 2. The molecule has 1 N–H and O–H groups in total. The van der Waals surface area contributed by atoms with E-state index < -0.39 is 17.7 Å². The molecule has 7 heteroatoms. The van der Waals surface area contributed by atoms with Crippen LogP contribution in [0.15, 0.2) is 72.3 Å². The van der Waals surface area contributed by atoms with Gasteiger partial charge in [-0.05, 0) is 48.4 Å². The monoisotopic (exact) mass is 445 g/mol. The SMILES string of the molecule is Cc1cccc(C2/C(=C(/O)c3ccc4c(c3)OCO4)C(=O)C(=O)N2Cc2ccc(F)cc2)c1. The van der Waals surface area contributed by atoms with E-state index in [2.05, 4.69) is 0 Å².